The number of para-hydroxylation sites is 1. The van der Waals surface area contributed by atoms with Crippen LogP contribution in [0.3, 0.4) is 0 Å². The molecule has 2 unspecified atom stereocenters. The number of aliphatic hydroxyl groups is 2. The molecule has 1 amide bonds. The number of benzene rings is 3. The first-order valence-corrected chi connectivity index (χ1v) is 25.4. The summed E-state index contributed by atoms with van der Waals surface area (Å²) in [6, 6.07) is 17.6. The Hall–Kier alpha value is -4.41. The van der Waals surface area contributed by atoms with Gasteiger partial charge in [-0.25, -0.2) is 9.36 Å². The maximum absolute atomic E-state index is 13.7. The predicted octanol–water partition coefficient (Wildman–Crippen LogP) is 9.56. The van der Waals surface area contributed by atoms with Gasteiger partial charge >= 0.3 is 31.8 Å². The second kappa shape index (κ2) is 23.7. The van der Waals surface area contributed by atoms with Gasteiger partial charge in [-0.1, -0.05) is 63.2 Å². The monoisotopic (exact) mass is 1030 g/mol. The average molecular weight is 1030 g/mol. The number of amides is 1. The van der Waals surface area contributed by atoms with Crippen molar-refractivity contribution >= 4 is 49.0 Å². The number of carbonyl (C=O) groups excluding carboxylic acids is 1. The van der Waals surface area contributed by atoms with Gasteiger partial charge in [0.25, 0.3) is 0 Å². The minimum atomic E-state index is -4.47. The molecule has 2 heterocycles. The van der Waals surface area contributed by atoms with E-state index < -0.39 is 97.3 Å². The van der Waals surface area contributed by atoms with E-state index in [-0.39, 0.29) is 23.2 Å². The van der Waals surface area contributed by atoms with Crippen molar-refractivity contribution in [3.8, 4) is 5.75 Å². The molecule has 3 aromatic carbocycles. The number of anilines is 1. The topological polar surface area (TPSA) is 199 Å². The highest BCUT2D eigenvalue weighted by Crippen LogP contribution is 2.49. The number of thioether (sulfide) groups is 2. The van der Waals surface area contributed by atoms with Gasteiger partial charge in [0, 0.05) is 29.4 Å². The first-order valence-electron chi connectivity index (χ1n) is 21.7. The largest absolute Gasteiger partial charge is 0.480 e. The summed E-state index contributed by atoms with van der Waals surface area (Å²) in [5.41, 5.74) is -3.09. The van der Waals surface area contributed by atoms with E-state index in [0.717, 1.165) is 34.4 Å². The molecule has 1 aliphatic heterocycles. The van der Waals surface area contributed by atoms with E-state index in [2.05, 4.69) is 15.4 Å². The Morgan fingerprint density at radius 3 is 2.07 bits per heavy atom. The minimum absolute atomic E-state index is 0.0108. The Morgan fingerprint density at radius 2 is 1.52 bits per heavy atom. The summed E-state index contributed by atoms with van der Waals surface area (Å²) < 4.78 is 110. The van der Waals surface area contributed by atoms with Crippen LogP contribution in [0.5, 0.6) is 5.75 Å². The first kappa shape index (κ1) is 55.5. The Balaban J connectivity index is 1.19. The Morgan fingerprint density at radius 1 is 0.928 bits per heavy atom. The maximum Gasteiger partial charge on any atom is 0.459 e. The van der Waals surface area contributed by atoms with Crippen LogP contribution in [0.1, 0.15) is 81.9 Å². The lowest BCUT2D eigenvalue weighted by Gasteiger charge is -2.31. The molecule has 4 aromatic rings. The van der Waals surface area contributed by atoms with E-state index in [1.54, 1.807) is 41.7 Å². The summed E-state index contributed by atoms with van der Waals surface area (Å²) in [4.78, 5) is 42.4. The number of ether oxygens (including phenoxy) is 1. The zero-order valence-corrected chi connectivity index (χ0v) is 40.6. The van der Waals surface area contributed by atoms with Crippen LogP contribution >= 0.6 is 31.3 Å². The van der Waals surface area contributed by atoms with Crippen molar-refractivity contribution in [2.75, 3.05) is 24.3 Å². The number of halogens is 6. The maximum atomic E-state index is 13.7. The van der Waals surface area contributed by atoms with Crippen LogP contribution < -0.4 is 20.6 Å². The van der Waals surface area contributed by atoms with Crippen LogP contribution in [0.2, 0.25) is 0 Å². The van der Waals surface area contributed by atoms with E-state index in [1.165, 1.54) is 62.5 Å². The summed E-state index contributed by atoms with van der Waals surface area (Å²) in [5, 5.41) is 36.2. The summed E-state index contributed by atoms with van der Waals surface area (Å²) >= 11 is 3.11. The van der Waals surface area contributed by atoms with Gasteiger partial charge in [-0.2, -0.15) is 59.9 Å². The minimum Gasteiger partial charge on any atom is -0.480 e. The summed E-state index contributed by atoms with van der Waals surface area (Å²) in [7, 11) is -4.43. The SMILES string of the molecule is C[C@H](NP(=O)(OC[C@H]1O[C@@H](n2ccc(NC(=O)CC(C)(C)CCC(CCSCc3ccc(C(F)(F)F)cc3)SCc3ccc(C(F)(F)F)cc3)nc2=O)[C@](C)(CO)[C@@H]1O)Oc1ccccc1)C(=O)O. The number of carboxylic acid groups (broad SMARTS) is 1. The number of carbonyl (C=O) groups is 2. The normalized spacial score (nSPS) is 20.5. The van der Waals surface area contributed by atoms with E-state index in [9.17, 15) is 60.6 Å². The van der Waals surface area contributed by atoms with Crippen molar-refractivity contribution in [2.45, 2.75) is 107 Å². The number of alkyl halides is 6. The third-order valence-corrected chi connectivity index (χ3v) is 15.5. The van der Waals surface area contributed by atoms with Crippen LogP contribution in [0, 0.1) is 10.8 Å². The lowest BCUT2D eigenvalue weighted by molar-refractivity contribution is -0.139. The highest BCUT2D eigenvalue weighted by atomic mass is 32.2. The number of aliphatic carboxylic acids is 1. The lowest BCUT2D eigenvalue weighted by atomic mass is 9.83. The van der Waals surface area contributed by atoms with Gasteiger partial charge in [-0.15, -0.1) is 0 Å². The van der Waals surface area contributed by atoms with Gasteiger partial charge in [-0.3, -0.25) is 18.7 Å². The van der Waals surface area contributed by atoms with Crippen molar-refractivity contribution in [1.29, 1.82) is 0 Å². The van der Waals surface area contributed by atoms with Crippen molar-refractivity contribution in [3.05, 3.63) is 124 Å². The third kappa shape index (κ3) is 16.1. The summed E-state index contributed by atoms with van der Waals surface area (Å²) in [6.45, 7) is 5.12. The molecular formula is C46H55F6N4O10PS2. The number of rotatable bonds is 24. The molecule has 0 bridgehead atoms. The fraction of sp³-hybridized carbons (Fsp3) is 0.478. The number of aliphatic hydroxyl groups excluding tert-OH is 2. The van der Waals surface area contributed by atoms with Gasteiger partial charge in [-0.05, 0) is 90.9 Å². The molecular weight excluding hydrogens is 978 g/mol. The number of nitrogens with one attached hydrogen (secondary N) is 2. The number of hydrogen-bond acceptors (Lipinski definition) is 12. The van der Waals surface area contributed by atoms with E-state index in [4.69, 9.17) is 13.8 Å². The number of hydrogen-bond donors (Lipinski definition) is 5. The summed E-state index contributed by atoms with van der Waals surface area (Å²) in [6.07, 6.45) is -9.95. The number of carboxylic acids is 1. The molecule has 0 saturated carbocycles. The first-order chi connectivity index (χ1) is 32.3. The van der Waals surface area contributed by atoms with Crippen molar-refractivity contribution < 1.29 is 69.6 Å². The van der Waals surface area contributed by atoms with Crippen LogP contribution in [0.25, 0.3) is 0 Å². The molecule has 0 radical (unpaired) electrons. The Labute approximate surface area is 403 Å². The molecule has 7 atom stereocenters. The quantitative estimate of drug-likeness (QED) is 0.0253. The second-order valence-corrected chi connectivity index (χ2v) is 21.7. The van der Waals surface area contributed by atoms with Crippen molar-refractivity contribution in [1.82, 2.24) is 14.6 Å². The second-order valence-electron chi connectivity index (χ2n) is 17.6. The number of aromatic nitrogens is 2. The number of nitrogens with zero attached hydrogens (tertiary/aromatic N) is 2. The fourth-order valence-corrected chi connectivity index (χ4v) is 11.1. The molecule has 1 aromatic heterocycles. The molecule has 0 aliphatic carbocycles. The highest BCUT2D eigenvalue weighted by Gasteiger charge is 2.55. The predicted molar refractivity (Wildman–Crippen MR) is 249 cm³/mol. The molecule has 378 valence electrons. The van der Waals surface area contributed by atoms with Gasteiger partial charge in [0.1, 0.15) is 29.9 Å². The molecule has 5 rings (SSSR count). The zero-order valence-electron chi connectivity index (χ0n) is 38.0. The van der Waals surface area contributed by atoms with Gasteiger partial charge in [0.2, 0.25) is 5.91 Å². The van der Waals surface area contributed by atoms with Crippen LogP contribution in [0.4, 0.5) is 32.2 Å². The standard InChI is InChI=1S/C46H55F6N4O10PS2/c1-29(40(60)61)55-67(63,66-34-8-6-5-7-9-34)64-25-36-39(59)44(4,28-57)41(65-36)56-22-19-37(54-42(56)62)53-38(58)24-43(2,3)21-18-35(69-27-31-12-16-33(17-13-31)46(50,51)52)20-23-68-26-30-10-14-32(15-11-30)45(47,48)49/h5-17,19,22,29,35-36,39,41,57,59H,18,20-21,23-28H2,1-4H3,(H,55,63)(H,60,61)(H,53,54,58,62)/t29-,35?,36+,39+,41+,44+,67?/m0/s1. The third-order valence-electron chi connectivity index (χ3n) is 11.4. The molecule has 5 N–H and O–H groups in total. The van der Waals surface area contributed by atoms with Crippen molar-refractivity contribution in [2.24, 2.45) is 10.8 Å². The molecule has 14 nitrogen and oxygen atoms in total. The van der Waals surface area contributed by atoms with Crippen LogP contribution in [-0.2, 0) is 47.3 Å². The molecule has 0 spiro atoms. The van der Waals surface area contributed by atoms with Crippen molar-refractivity contribution in [3.63, 3.8) is 0 Å². The highest BCUT2D eigenvalue weighted by molar-refractivity contribution is 7.99. The van der Waals surface area contributed by atoms with E-state index in [1.807, 2.05) is 13.8 Å². The van der Waals surface area contributed by atoms with E-state index >= 15 is 0 Å². The lowest BCUT2D eigenvalue weighted by Crippen LogP contribution is -2.43. The Bertz CT molecular complexity index is 2430. The van der Waals surface area contributed by atoms with E-state index in [0.29, 0.717) is 42.1 Å². The zero-order chi connectivity index (χ0) is 50.8. The van der Waals surface area contributed by atoms with Gasteiger partial charge in [0.05, 0.1) is 35.9 Å². The molecule has 1 aliphatic rings. The van der Waals surface area contributed by atoms with Gasteiger partial charge in [0.15, 0.2) is 0 Å². The fourth-order valence-electron chi connectivity index (χ4n) is 7.26. The smallest absolute Gasteiger partial charge is 0.459 e. The molecule has 1 fully saturated rings. The molecule has 23 heteroatoms. The average Bonchev–Trinajstić information content (AvgIpc) is 3.53. The van der Waals surface area contributed by atoms with Crippen LogP contribution in [0.15, 0.2) is 95.9 Å². The molecule has 1 saturated heterocycles. The summed E-state index contributed by atoms with van der Waals surface area (Å²) in [5.74, 6) is -0.243. The van der Waals surface area contributed by atoms with Crippen LogP contribution in [-0.4, -0.2) is 79.2 Å². The van der Waals surface area contributed by atoms with Gasteiger partial charge < -0.3 is 29.9 Å². The Kier molecular flexibility index (Phi) is 19.0. The molecule has 69 heavy (non-hydrogen) atoms.